The van der Waals surface area contributed by atoms with E-state index >= 15 is 0 Å². The number of anilines is 1. The Morgan fingerprint density at radius 2 is 1.89 bits per heavy atom. The number of rotatable bonds is 7. The van der Waals surface area contributed by atoms with Crippen LogP contribution in [0.4, 0.5) is 14.9 Å². The maximum atomic E-state index is 13.7. The second-order valence-electron chi connectivity index (χ2n) is 8.66. The highest BCUT2D eigenvalue weighted by Crippen LogP contribution is 2.35. The Bertz CT molecular complexity index is 1490. The van der Waals surface area contributed by atoms with Crippen LogP contribution in [0.5, 0.6) is 0 Å². The Morgan fingerprint density at radius 3 is 2.58 bits per heavy atom. The first-order valence-corrected chi connectivity index (χ1v) is 13.5. The summed E-state index contributed by atoms with van der Waals surface area (Å²) in [6.45, 7) is 0.366. The molecule has 2 heterocycles. The number of amides is 3. The van der Waals surface area contributed by atoms with E-state index in [4.69, 9.17) is 15.6 Å². The third-order valence-corrected chi connectivity index (χ3v) is 7.54. The molecular weight excluding hydrogens is 668 g/mol. The van der Waals surface area contributed by atoms with E-state index in [2.05, 4.69) is 43.8 Å². The fraction of sp³-hybridized carbons (Fsp3) is 0.148. The summed E-state index contributed by atoms with van der Waals surface area (Å²) >= 11 is 5.58. The van der Waals surface area contributed by atoms with Crippen molar-refractivity contribution in [2.45, 2.75) is 12.6 Å². The van der Waals surface area contributed by atoms with Crippen LogP contribution in [0, 0.1) is 9.39 Å². The van der Waals surface area contributed by atoms with Gasteiger partial charge in [-0.25, -0.2) is 13.9 Å². The minimum atomic E-state index is -0.651. The third-order valence-electron chi connectivity index (χ3n) is 6.12. The smallest absolute Gasteiger partial charge is 0.316 e. The lowest BCUT2D eigenvalue weighted by molar-refractivity contribution is -0.128. The number of halogens is 3. The van der Waals surface area contributed by atoms with Gasteiger partial charge in [0.15, 0.2) is 6.23 Å². The lowest BCUT2D eigenvalue weighted by Crippen LogP contribution is -2.30. The Hall–Kier alpha value is -3.29. The molecule has 194 valence electrons. The topological polar surface area (TPSA) is 102 Å². The first kappa shape index (κ1) is 26.3. The maximum Gasteiger partial charge on any atom is 0.316 e. The van der Waals surface area contributed by atoms with Crippen molar-refractivity contribution >= 4 is 56.1 Å². The monoisotopic (exact) mass is 689 g/mol. The fourth-order valence-electron chi connectivity index (χ4n) is 4.28. The van der Waals surface area contributed by atoms with Crippen molar-refractivity contribution in [1.29, 1.82) is 0 Å². The predicted molar refractivity (Wildman–Crippen MR) is 153 cm³/mol. The maximum absolute atomic E-state index is 13.7. The van der Waals surface area contributed by atoms with E-state index in [0.29, 0.717) is 35.5 Å². The number of nitrogens with zero attached hydrogens (tertiary/aromatic N) is 3. The minimum Gasteiger partial charge on any atom is -0.351 e. The number of hydrogen-bond acceptors (Lipinski definition) is 4. The van der Waals surface area contributed by atoms with Gasteiger partial charge >= 0.3 is 6.03 Å². The van der Waals surface area contributed by atoms with Gasteiger partial charge in [-0.1, -0.05) is 22.0 Å². The summed E-state index contributed by atoms with van der Waals surface area (Å²) in [5.41, 5.74) is 9.71. The van der Waals surface area contributed by atoms with E-state index in [1.807, 2.05) is 42.6 Å². The quantitative estimate of drug-likeness (QED) is 0.246. The zero-order chi connectivity index (χ0) is 26.8. The number of aromatic nitrogens is 2. The first-order chi connectivity index (χ1) is 18.3. The van der Waals surface area contributed by atoms with E-state index in [0.717, 1.165) is 19.3 Å². The van der Waals surface area contributed by atoms with Crippen LogP contribution >= 0.6 is 38.5 Å². The number of urea groups is 1. The number of nitrogens with one attached hydrogen (secondary N) is 1. The van der Waals surface area contributed by atoms with Crippen LogP contribution in [0.2, 0.25) is 0 Å². The molecule has 0 radical (unpaired) electrons. The van der Waals surface area contributed by atoms with Crippen molar-refractivity contribution in [1.82, 2.24) is 14.7 Å². The highest BCUT2D eigenvalue weighted by atomic mass is 127. The molecule has 3 N–H and O–H groups in total. The van der Waals surface area contributed by atoms with Gasteiger partial charge in [0.1, 0.15) is 18.1 Å². The average molecular weight is 690 g/mol. The van der Waals surface area contributed by atoms with Gasteiger partial charge in [-0.15, -0.1) is 0 Å². The second-order valence-corrected chi connectivity index (χ2v) is 10.7. The van der Waals surface area contributed by atoms with Gasteiger partial charge in [0.25, 0.3) is 5.91 Å². The molecule has 1 aromatic heterocycles. The van der Waals surface area contributed by atoms with Crippen LogP contribution in [-0.4, -0.2) is 39.8 Å². The molecule has 0 aliphatic carbocycles. The molecule has 1 fully saturated rings. The standard InChI is InChI=1S/C27H22BrFIN5O3/c28-18-4-8-20(9-5-18)35-14-21(25(33-35)17-2-6-19(29)7-3-17)26-34(24(36)15-38-26)12-11-16-1-10-23(22(30)13-16)32-27(31)37/h1-10,13-14,26H,11-12,15H2,(H3,31,32,37). The number of carbonyl (C=O) groups excluding carboxylic acids is 2. The molecule has 3 aromatic carbocycles. The Labute approximate surface area is 240 Å². The van der Waals surface area contributed by atoms with Crippen LogP contribution in [0.1, 0.15) is 17.4 Å². The molecule has 1 saturated heterocycles. The van der Waals surface area contributed by atoms with Crippen molar-refractivity contribution in [3.8, 4) is 16.9 Å². The van der Waals surface area contributed by atoms with Crippen molar-refractivity contribution in [2.24, 2.45) is 5.73 Å². The second kappa shape index (κ2) is 11.2. The highest BCUT2D eigenvalue weighted by molar-refractivity contribution is 14.1. The van der Waals surface area contributed by atoms with Crippen molar-refractivity contribution in [3.63, 3.8) is 0 Å². The van der Waals surface area contributed by atoms with Gasteiger partial charge < -0.3 is 20.7 Å². The van der Waals surface area contributed by atoms with Crippen molar-refractivity contribution in [2.75, 3.05) is 18.5 Å². The molecule has 3 amide bonds. The zero-order valence-electron chi connectivity index (χ0n) is 19.9. The van der Waals surface area contributed by atoms with Crippen LogP contribution in [0.15, 0.2) is 77.4 Å². The largest absolute Gasteiger partial charge is 0.351 e. The molecule has 5 rings (SSSR count). The Morgan fingerprint density at radius 1 is 1.16 bits per heavy atom. The zero-order valence-corrected chi connectivity index (χ0v) is 23.6. The number of nitrogens with two attached hydrogens (primary N) is 1. The molecule has 1 unspecified atom stereocenters. The Balaban J connectivity index is 1.45. The highest BCUT2D eigenvalue weighted by Gasteiger charge is 2.36. The number of hydrogen-bond donors (Lipinski definition) is 2. The van der Waals surface area contributed by atoms with Gasteiger partial charge in [0.2, 0.25) is 0 Å². The van der Waals surface area contributed by atoms with Gasteiger partial charge in [-0.2, -0.15) is 5.10 Å². The third kappa shape index (κ3) is 5.74. The molecular formula is C27H22BrFIN5O3. The SMILES string of the molecule is NC(=O)Nc1ccc(CCN2C(=O)COC2c2cn(-c3ccc(Br)cc3)nc2-c2ccc(F)cc2)cc1I. The van der Waals surface area contributed by atoms with E-state index < -0.39 is 12.3 Å². The number of primary amides is 1. The summed E-state index contributed by atoms with van der Waals surface area (Å²) in [5.74, 6) is -0.471. The van der Waals surface area contributed by atoms with Gasteiger partial charge in [-0.05, 0) is 95.2 Å². The van der Waals surface area contributed by atoms with E-state index in [-0.39, 0.29) is 18.3 Å². The fourth-order valence-corrected chi connectivity index (χ4v) is 5.26. The summed E-state index contributed by atoms with van der Waals surface area (Å²) < 4.78 is 23.2. The van der Waals surface area contributed by atoms with Crippen LogP contribution in [-0.2, 0) is 16.0 Å². The lowest BCUT2D eigenvalue weighted by Gasteiger charge is -2.23. The lowest BCUT2D eigenvalue weighted by atomic mass is 10.1. The molecule has 11 heteroatoms. The summed E-state index contributed by atoms with van der Waals surface area (Å²) in [4.78, 5) is 25.8. The summed E-state index contributed by atoms with van der Waals surface area (Å²) in [6.07, 6.45) is 1.78. The van der Waals surface area contributed by atoms with Crippen LogP contribution < -0.4 is 11.1 Å². The summed E-state index contributed by atoms with van der Waals surface area (Å²) in [5, 5.41) is 7.38. The molecule has 1 aliphatic heterocycles. The molecule has 0 bridgehead atoms. The summed E-state index contributed by atoms with van der Waals surface area (Å²) in [6, 6.07) is 18.8. The molecule has 1 atom stereocenters. The van der Waals surface area contributed by atoms with E-state index in [1.54, 1.807) is 27.8 Å². The molecule has 38 heavy (non-hydrogen) atoms. The predicted octanol–water partition coefficient (Wildman–Crippen LogP) is 5.64. The number of ether oxygens (including phenoxy) is 1. The average Bonchev–Trinajstić information content (AvgIpc) is 3.48. The normalized spacial score (nSPS) is 15.2. The van der Waals surface area contributed by atoms with Crippen molar-refractivity contribution in [3.05, 3.63) is 97.9 Å². The van der Waals surface area contributed by atoms with E-state index in [1.165, 1.54) is 12.1 Å². The van der Waals surface area contributed by atoms with Crippen LogP contribution in [0.25, 0.3) is 16.9 Å². The molecule has 4 aromatic rings. The van der Waals surface area contributed by atoms with Gasteiger partial charge in [-0.3, -0.25) is 4.79 Å². The molecule has 8 nitrogen and oxygen atoms in total. The Kier molecular flexibility index (Phi) is 7.77. The first-order valence-electron chi connectivity index (χ1n) is 11.7. The molecule has 0 spiro atoms. The number of benzene rings is 3. The molecule has 0 saturated carbocycles. The molecule has 1 aliphatic rings. The van der Waals surface area contributed by atoms with Gasteiger partial charge in [0, 0.05) is 31.9 Å². The summed E-state index contributed by atoms with van der Waals surface area (Å²) in [7, 11) is 0. The minimum absolute atomic E-state index is 0.0456. The van der Waals surface area contributed by atoms with Gasteiger partial charge in [0.05, 0.1) is 11.4 Å². The van der Waals surface area contributed by atoms with Crippen molar-refractivity contribution < 1.29 is 18.7 Å². The van der Waals surface area contributed by atoms with Crippen LogP contribution in [0.3, 0.4) is 0 Å². The number of carbonyl (C=O) groups is 2. The van der Waals surface area contributed by atoms with E-state index in [9.17, 15) is 14.0 Å².